The van der Waals surface area contributed by atoms with E-state index in [2.05, 4.69) is 115 Å². The third-order valence-electron chi connectivity index (χ3n) is 11.0. The van der Waals surface area contributed by atoms with Gasteiger partial charge < -0.3 is 5.32 Å². The average Bonchev–Trinajstić information content (AvgIpc) is 3.35. The van der Waals surface area contributed by atoms with Crippen molar-refractivity contribution < 1.29 is 0 Å². The Balaban J connectivity index is 0.990. The van der Waals surface area contributed by atoms with E-state index in [0.29, 0.717) is 23.2 Å². The topological polar surface area (TPSA) is 74.6 Å². The predicted octanol–water partition coefficient (Wildman–Crippen LogP) is 13.2. The lowest BCUT2D eigenvalue weighted by atomic mass is 9.87. The normalized spacial score (nSPS) is 12.8. The number of benzene rings is 8. The van der Waals surface area contributed by atoms with E-state index in [1.165, 1.54) is 0 Å². The van der Waals surface area contributed by atoms with Crippen LogP contribution in [0.2, 0.25) is 0 Å². The maximum atomic E-state index is 9.55. The minimum absolute atomic E-state index is 0.462. The molecule has 0 aliphatic carbocycles. The summed E-state index contributed by atoms with van der Waals surface area (Å²) in [6, 6.07) is 74.5. The molecule has 2 heterocycles. The molecule has 0 fully saturated rings. The molecule has 0 amide bonds. The number of rotatable bonds is 9. The Morgan fingerprint density at radius 1 is 0.361 bits per heavy atom. The van der Waals surface area contributed by atoms with E-state index in [-0.39, 0.29) is 0 Å². The molecule has 8 aromatic carbocycles. The van der Waals surface area contributed by atoms with Crippen LogP contribution >= 0.6 is 0 Å². The van der Waals surface area contributed by atoms with Gasteiger partial charge in [0.25, 0.3) is 0 Å². The molecule has 0 bridgehead atoms. The molecule has 0 saturated carbocycles. The van der Waals surface area contributed by atoms with E-state index in [9.17, 15) is 5.41 Å². The van der Waals surface area contributed by atoms with Crippen LogP contribution in [-0.2, 0) is 0 Å². The SMILES string of the molecule is N=C(/C(=C1\NC(c2ccccc2)=Cc2cc(-c3ccc(-c4ccc(-c5nc(-c6ccccc6)nc(-c6ccccc6)n5)cc4)cc3)ccc21)c1ccccc1)c1ccccc1. The monoisotopic (exact) mass is 781 g/mol. The molecule has 1 aliphatic rings. The van der Waals surface area contributed by atoms with Crippen molar-refractivity contribution in [1.29, 1.82) is 5.41 Å². The number of nitrogens with one attached hydrogen (secondary N) is 2. The van der Waals surface area contributed by atoms with Crippen molar-refractivity contribution >= 4 is 28.8 Å². The molecular formula is C56H39N5. The summed E-state index contributed by atoms with van der Waals surface area (Å²) >= 11 is 0. The van der Waals surface area contributed by atoms with E-state index in [1.54, 1.807) is 0 Å². The fourth-order valence-corrected chi connectivity index (χ4v) is 7.83. The van der Waals surface area contributed by atoms with Crippen molar-refractivity contribution in [3.05, 3.63) is 246 Å². The minimum Gasteiger partial charge on any atom is -0.354 e. The van der Waals surface area contributed by atoms with Gasteiger partial charge in [0.05, 0.1) is 11.4 Å². The predicted molar refractivity (Wildman–Crippen MR) is 251 cm³/mol. The summed E-state index contributed by atoms with van der Waals surface area (Å²) in [6.45, 7) is 0. The summed E-state index contributed by atoms with van der Waals surface area (Å²) in [4.78, 5) is 14.7. The number of aromatic nitrogens is 3. The van der Waals surface area contributed by atoms with Gasteiger partial charge in [-0.1, -0.05) is 212 Å². The van der Waals surface area contributed by atoms with Crippen molar-refractivity contribution in [3.8, 4) is 56.4 Å². The zero-order chi connectivity index (χ0) is 41.0. The lowest BCUT2D eigenvalue weighted by Crippen LogP contribution is -2.20. The number of nitrogens with zero attached hydrogens (tertiary/aromatic N) is 3. The molecule has 0 atom stereocenters. The molecule has 1 aliphatic heterocycles. The van der Waals surface area contributed by atoms with Gasteiger partial charge in [0.15, 0.2) is 17.5 Å². The van der Waals surface area contributed by atoms with E-state index < -0.39 is 0 Å². The first-order valence-corrected chi connectivity index (χ1v) is 20.4. The molecule has 1 aromatic heterocycles. The Kier molecular flexibility index (Phi) is 10.0. The second kappa shape index (κ2) is 16.5. The van der Waals surface area contributed by atoms with Gasteiger partial charge in [-0.15, -0.1) is 0 Å². The van der Waals surface area contributed by atoms with Crippen LogP contribution in [-0.4, -0.2) is 20.7 Å². The van der Waals surface area contributed by atoms with Crippen molar-refractivity contribution in [2.75, 3.05) is 0 Å². The van der Waals surface area contributed by atoms with Crippen LogP contribution in [0.25, 0.3) is 79.5 Å². The van der Waals surface area contributed by atoms with Crippen LogP contribution in [0.4, 0.5) is 0 Å². The van der Waals surface area contributed by atoms with Gasteiger partial charge >= 0.3 is 0 Å². The molecule has 10 rings (SSSR count). The van der Waals surface area contributed by atoms with Gasteiger partial charge in [-0.25, -0.2) is 15.0 Å². The van der Waals surface area contributed by atoms with Crippen LogP contribution < -0.4 is 5.32 Å². The van der Waals surface area contributed by atoms with E-state index in [1.807, 2.05) is 115 Å². The Labute approximate surface area is 355 Å². The number of fused-ring (bicyclic) bond motifs is 1. The van der Waals surface area contributed by atoms with Gasteiger partial charge in [-0.2, -0.15) is 0 Å². The number of hydrogen-bond acceptors (Lipinski definition) is 5. The quantitative estimate of drug-likeness (QED) is 0.143. The van der Waals surface area contributed by atoms with Crippen LogP contribution in [0.3, 0.4) is 0 Å². The van der Waals surface area contributed by atoms with E-state index in [0.717, 1.165) is 83.7 Å². The summed E-state index contributed by atoms with van der Waals surface area (Å²) in [5, 5.41) is 13.3. The Hall–Kier alpha value is -8.28. The standard InChI is InChI=1S/C56H39N5/c57-52(43-20-10-3-11-21-43)51(42-18-8-2-9-19-42)53-49-35-34-47(36-48(49)37-50(58-53)41-16-6-1-7-17-41)40-28-26-38(27-29-40)39-30-32-46(33-31-39)56-60-54(44-22-12-4-13-23-44)59-55(61-56)45-24-14-5-15-25-45/h1-37,57-58H/b53-51-,57-52?. The molecule has 0 unspecified atom stereocenters. The van der Waals surface area contributed by atoms with Gasteiger partial charge in [0.2, 0.25) is 0 Å². The first-order chi connectivity index (χ1) is 30.1. The fourth-order valence-electron chi connectivity index (χ4n) is 7.83. The molecule has 61 heavy (non-hydrogen) atoms. The maximum Gasteiger partial charge on any atom is 0.164 e. The third-order valence-corrected chi connectivity index (χ3v) is 11.0. The summed E-state index contributed by atoms with van der Waals surface area (Å²) in [5.74, 6) is 1.92. The summed E-state index contributed by atoms with van der Waals surface area (Å²) < 4.78 is 0. The molecule has 5 heteroatoms. The van der Waals surface area contributed by atoms with Gasteiger partial charge in [0, 0.05) is 39.1 Å². The zero-order valence-electron chi connectivity index (χ0n) is 33.2. The summed E-state index contributed by atoms with van der Waals surface area (Å²) in [7, 11) is 0. The molecular weight excluding hydrogens is 743 g/mol. The number of hydrogen-bond donors (Lipinski definition) is 2. The van der Waals surface area contributed by atoms with Crippen molar-refractivity contribution in [2.45, 2.75) is 0 Å². The fraction of sp³-hybridized carbons (Fsp3) is 0. The Bertz CT molecular complexity index is 2990. The second-order valence-electron chi connectivity index (χ2n) is 14.9. The van der Waals surface area contributed by atoms with Crippen LogP contribution in [0.15, 0.2) is 218 Å². The van der Waals surface area contributed by atoms with Gasteiger partial charge in [-0.05, 0) is 51.1 Å². The summed E-state index contributed by atoms with van der Waals surface area (Å²) in [5.41, 5.74) is 15.5. The molecule has 0 spiro atoms. The molecule has 2 N–H and O–H groups in total. The van der Waals surface area contributed by atoms with Crippen LogP contribution in [0, 0.1) is 5.41 Å². The van der Waals surface area contributed by atoms with Crippen molar-refractivity contribution in [1.82, 2.24) is 20.3 Å². The molecule has 288 valence electrons. The Morgan fingerprint density at radius 2 is 0.738 bits per heavy atom. The highest BCUT2D eigenvalue weighted by atomic mass is 15.0. The summed E-state index contributed by atoms with van der Waals surface area (Å²) in [6.07, 6.45) is 2.22. The second-order valence-corrected chi connectivity index (χ2v) is 14.9. The molecule has 0 radical (unpaired) electrons. The maximum absolute atomic E-state index is 9.55. The lowest BCUT2D eigenvalue weighted by Gasteiger charge is -2.26. The largest absolute Gasteiger partial charge is 0.354 e. The van der Waals surface area contributed by atoms with Gasteiger partial charge in [0.1, 0.15) is 0 Å². The van der Waals surface area contributed by atoms with Crippen LogP contribution in [0.1, 0.15) is 27.8 Å². The molecule has 9 aromatic rings. The zero-order valence-corrected chi connectivity index (χ0v) is 33.2. The van der Waals surface area contributed by atoms with Crippen molar-refractivity contribution in [2.24, 2.45) is 0 Å². The first kappa shape index (κ1) is 37.0. The molecule has 5 nitrogen and oxygen atoms in total. The highest BCUT2D eigenvalue weighted by Gasteiger charge is 2.24. The lowest BCUT2D eigenvalue weighted by molar-refractivity contribution is 1.07. The minimum atomic E-state index is 0.462. The highest BCUT2D eigenvalue weighted by Crippen LogP contribution is 2.38. The van der Waals surface area contributed by atoms with Crippen LogP contribution in [0.5, 0.6) is 0 Å². The average molecular weight is 782 g/mol. The third kappa shape index (κ3) is 7.72. The highest BCUT2D eigenvalue weighted by molar-refractivity contribution is 6.36. The Morgan fingerprint density at radius 3 is 1.23 bits per heavy atom. The van der Waals surface area contributed by atoms with E-state index >= 15 is 0 Å². The van der Waals surface area contributed by atoms with Gasteiger partial charge in [-0.3, -0.25) is 5.41 Å². The molecule has 0 saturated heterocycles. The number of allylic oxidation sites excluding steroid dienone is 1. The van der Waals surface area contributed by atoms with Crippen molar-refractivity contribution in [3.63, 3.8) is 0 Å². The smallest absolute Gasteiger partial charge is 0.164 e. The first-order valence-electron chi connectivity index (χ1n) is 20.4. The van der Waals surface area contributed by atoms with E-state index in [4.69, 9.17) is 15.0 Å².